The van der Waals surface area contributed by atoms with Crippen molar-refractivity contribution >= 4 is 35.4 Å². The van der Waals surface area contributed by atoms with Crippen molar-refractivity contribution in [2.24, 2.45) is 0 Å². The van der Waals surface area contributed by atoms with E-state index in [1.165, 1.54) is 0 Å². The zero-order chi connectivity index (χ0) is 18.8. The number of nitriles is 1. The molecule has 8 heteroatoms. The minimum atomic E-state index is -0.511. The number of aromatic amines is 1. The largest absolute Gasteiger partial charge is 0.282 e. The molecule has 3 aromatic rings. The van der Waals surface area contributed by atoms with E-state index in [0.29, 0.717) is 38.4 Å². The van der Waals surface area contributed by atoms with E-state index in [1.807, 2.05) is 31.2 Å². The topological polar surface area (TPSA) is 87.4 Å². The highest BCUT2D eigenvalue weighted by molar-refractivity contribution is 6.33. The number of rotatable bonds is 3. The van der Waals surface area contributed by atoms with Crippen LogP contribution in [-0.4, -0.2) is 20.0 Å². The van der Waals surface area contributed by atoms with Crippen molar-refractivity contribution in [3.8, 4) is 11.8 Å². The lowest BCUT2D eigenvalue weighted by Crippen LogP contribution is -2.15. The summed E-state index contributed by atoms with van der Waals surface area (Å²) < 4.78 is 1.56. The Hall–Kier alpha value is -2.88. The molecule has 0 aliphatic rings. The highest BCUT2D eigenvalue weighted by Gasteiger charge is 2.15. The summed E-state index contributed by atoms with van der Waals surface area (Å²) in [5.41, 5.74) is 2.57. The molecule has 0 spiro atoms. The van der Waals surface area contributed by atoms with Crippen LogP contribution in [0.15, 0.2) is 29.1 Å². The van der Waals surface area contributed by atoms with Gasteiger partial charge in [0.05, 0.1) is 22.1 Å². The number of aryl methyl sites for hydroxylation is 1. The second kappa shape index (κ2) is 7.16. The minimum Gasteiger partial charge on any atom is -0.267 e. The number of hydrogen-bond acceptors (Lipinski definition) is 4. The highest BCUT2D eigenvalue weighted by atomic mass is 35.5. The van der Waals surface area contributed by atoms with Gasteiger partial charge in [0, 0.05) is 5.56 Å². The van der Waals surface area contributed by atoms with E-state index in [1.54, 1.807) is 29.8 Å². The molecule has 26 heavy (non-hydrogen) atoms. The van der Waals surface area contributed by atoms with Crippen molar-refractivity contribution in [3.63, 3.8) is 0 Å². The maximum Gasteiger partial charge on any atom is 0.282 e. The van der Waals surface area contributed by atoms with Crippen LogP contribution < -0.4 is 5.56 Å². The van der Waals surface area contributed by atoms with Gasteiger partial charge in [0.2, 0.25) is 0 Å². The molecule has 3 rings (SSSR count). The predicted octanol–water partition coefficient (Wildman–Crippen LogP) is 3.92. The van der Waals surface area contributed by atoms with E-state index in [-0.39, 0.29) is 5.56 Å². The molecule has 0 fully saturated rings. The Morgan fingerprint density at radius 1 is 1.23 bits per heavy atom. The number of halogens is 2. The van der Waals surface area contributed by atoms with E-state index in [2.05, 4.69) is 15.3 Å². The second-order valence-corrected chi connectivity index (χ2v) is 6.30. The smallest absolute Gasteiger partial charge is 0.267 e. The SMILES string of the molecule is Cc1nn(-c2ccccc2Cl)c(Cl)c1/C=C/c1n[nH]c(=O)c(C#N)c1C. The van der Waals surface area contributed by atoms with Gasteiger partial charge >= 0.3 is 0 Å². The van der Waals surface area contributed by atoms with Gasteiger partial charge in [-0.2, -0.15) is 15.5 Å². The first-order valence-electron chi connectivity index (χ1n) is 7.61. The maximum atomic E-state index is 11.6. The van der Waals surface area contributed by atoms with Crippen molar-refractivity contribution < 1.29 is 0 Å². The fraction of sp³-hybridized carbons (Fsp3) is 0.111. The molecule has 0 saturated carbocycles. The molecule has 2 aromatic heterocycles. The number of para-hydroxylation sites is 1. The molecule has 0 aliphatic carbocycles. The number of nitrogens with one attached hydrogen (secondary N) is 1. The molecule has 0 radical (unpaired) electrons. The van der Waals surface area contributed by atoms with Gasteiger partial charge in [-0.25, -0.2) is 9.78 Å². The molecule has 0 amide bonds. The van der Waals surface area contributed by atoms with Crippen molar-refractivity contribution in [1.29, 1.82) is 5.26 Å². The van der Waals surface area contributed by atoms with Crippen molar-refractivity contribution in [2.75, 3.05) is 0 Å². The molecule has 130 valence electrons. The normalized spacial score (nSPS) is 11.0. The van der Waals surface area contributed by atoms with Gasteiger partial charge in [-0.05, 0) is 43.7 Å². The molecule has 1 aromatic carbocycles. The first kappa shape index (κ1) is 17.9. The van der Waals surface area contributed by atoms with Crippen molar-refractivity contribution in [1.82, 2.24) is 20.0 Å². The van der Waals surface area contributed by atoms with E-state index in [4.69, 9.17) is 28.5 Å². The number of nitrogens with zero attached hydrogens (tertiary/aromatic N) is 4. The predicted molar refractivity (Wildman–Crippen MR) is 102 cm³/mol. The van der Waals surface area contributed by atoms with E-state index in [0.717, 1.165) is 0 Å². The Morgan fingerprint density at radius 2 is 1.96 bits per heavy atom. The lowest BCUT2D eigenvalue weighted by atomic mass is 10.1. The quantitative estimate of drug-likeness (QED) is 0.739. The second-order valence-electron chi connectivity index (χ2n) is 5.54. The summed E-state index contributed by atoms with van der Waals surface area (Å²) in [7, 11) is 0. The Labute approximate surface area is 159 Å². The van der Waals surface area contributed by atoms with Gasteiger partial charge in [0.1, 0.15) is 16.8 Å². The third-order valence-electron chi connectivity index (χ3n) is 3.91. The van der Waals surface area contributed by atoms with E-state index < -0.39 is 5.56 Å². The number of aromatic nitrogens is 4. The third-order valence-corrected chi connectivity index (χ3v) is 4.60. The average molecular weight is 386 g/mol. The van der Waals surface area contributed by atoms with Crippen LogP contribution in [0.4, 0.5) is 0 Å². The van der Waals surface area contributed by atoms with Crippen LogP contribution in [-0.2, 0) is 0 Å². The molecular formula is C18H13Cl2N5O. The fourth-order valence-corrected chi connectivity index (χ4v) is 3.04. The Morgan fingerprint density at radius 3 is 2.65 bits per heavy atom. The summed E-state index contributed by atoms with van der Waals surface area (Å²) in [6.45, 7) is 3.49. The van der Waals surface area contributed by atoms with E-state index in [9.17, 15) is 4.79 Å². The lowest BCUT2D eigenvalue weighted by molar-refractivity contribution is 0.863. The van der Waals surface area contributed by atoms with Crippen molar-refractivity contribution in [2.45, 2.75) is 13.8 Å². The van der Waals surface area contributed by atoms with Gasteiger partial charge in [-0.3, -0.25) is 4.79 Å². The molecule has 0 aliphatic heterocycles. The number of benzene rings is 1. The molecule has 1 N–H and O–H groups in total. The summed E-state index contributed by atoms with van der Waals surface area (Å²) >= 11 is 12.7. The summed E-state index contributed by atoms with van der Waals surface area (Å²) in [6, 6.07) is 9.14. The van der Waals surface area contributed by atoms with Gasteiger partial charge < -0.3 is 0 Å². The zero-order valence-corrected chi connectivity index (χ0v) is 15.4. The van der Waals surface area contributed by atoms with Crippen LogP contribution in [0.5, 0.6) is 0 Å². The number of hydrogen-bond donors (Lipinski definition) is 1. The highest BCUT2D eigenvalue weighted by Crippen LogP contribution is 2.28. The van der Waals surface area contributed by atoms with Crippen LogP contribution in [0, 0.1) is 25.2 Å². The van der Waals surface area contributed by atoms with Gasteiger partial charge in [0.15, 0.2) is 0 Å². The van der Waals surface area contributed by atoms with Gasteiger partial charge in [-0.15, -0.1) is 0 Å². The molecule has 2 heterocycles. The first-order chi connectivity index (χ1) is 12.4. The molecular weight excluding hydrogens is 373 g/mol. The lowest BCUT2D eigenvalue weighted by Gasteiger charge is -2.05. The van der Waals surface area contributed by atoms with Gasteiger partial charge in [-0.1, -0.05) is 35.3 Å². The third kappa shape index (κ3) is 3.15. The van der Waals surface area contributed by atoms with Crippen molar-refractivity contribution in [3.05, 3.63) is 72.9 Å². The Balaban J connectivity index is 2.05. The maximum absolute atomic E-state index is 11.6. The molecule has 6 nitrogen and oxygen atoms in total. The van der Waals surface area contributed by atoms with Crippen LogP contribution in [0.3, 0.4) is 0 Å². The minimum absolute atomic E-state index is 0.0363. The zero-order valence-electron chi connectivity index (χ0n) is 13.9. The van der Waals surface area contributed by atoms with Crippen LogP contribution in [0.2, 0.25) is 10.2 Å². The fourth-order valence-electron chi connectivity index (χ4n) is 2.49. The summed E-state index contributed by atoms with van der Waals surface area (Å²) in [6.07, 6.45) is 3.42. The molecule has 0 atom stereocenters. The summed E-state index contributed by atoms with van der Waals surface area (Å²) in [5.74, 6) is 0. The summed E-state index contributed by atoms with van der Waals surface area (Å²) in [5, 5.41) is 20.7. The molecule has 0 bridgehead atoms. The Bertz CT molecular complexity index is 1120. The molecule has 0 saturated heterocycles. The first-order valence-corrected chi connectivity index (χ1v) is 8.37. The van der Waals surface area contributed by atoms with E-state index >= 15 is 0 Å². The summed E-state index contributed by atoms with van der Waals surface area (Å²) in [4.78, 5) is 11.6. The van der Waals surface area contributed by atoms with Crippen LogP contribution >= 0.6 is 23.2 Å². The average Bonchev–Trinajstić information content (AvgIpc) is 2.89. The number of H-pyrrole nitrogens is 1. The van der Waals surface area contributed by atoms with Crippen LogP contribution in [0.25, 0.3) is 17.8 Å². The van der Waals surface area contributed by atoms with Crippen LogP contribution in [0.1, 0.15) is 28.1 Å². The molecule has 0 unspecified atom stereocenters. The standard InChI is InChI=1S/C18H13Cl2N5O/c1-10-13(9-21)18(26)23-22-15(10)8-7-12-11(2)24-25(17(12)20)16-6-4-3-5-14(16)19/h3-8H,1-2H3,(H,23,26)/b8-7+. The van der Waals surface area contributed by atoms with Gasteiger partial charge in [0.25, 0.3) is 5.56 Å². The monoisotopic (exact) mass is 385 g/mol. The Kier molecular flexibility index (Phi) is 4.94.